The molecule has 2 aliphatic rings. The van der Waals surface area contributed by atoms with Gasteiger partial charge in [0.15, 0.2) is 0 Å². The Morgan fingerprint density at radius 2 is 2.05 bits per heavy atom. The first-order chi connectivity index (χ1) is 10.5. The zero-order valence-electron chi connectivity index (χ0n) is 13.1. The monoisotopic (exact) mass is 325 g/mol. The van der Waals surface area contributed by atoms with Crippen LogP contribution in [-0.2, 0) is 19.5 Å². The fraction of sp³-hybridized carbons (Fsp3) is 0.625. The van der Waals surface area contributed by atoms with E-state index in [4.69, 9.17) is 9.47 Å². The average Bonchev–Trinajstić information content (AvgIpc) is 2.91. The molecule has 0 radical (unpaired) electrons. The first-order valence-corrected chi connectivity index (χ1v) is 9.13. The Morgan fingerprint density at radius 3 is 2.64 bits per heavy atom. The summed E-state index contributed by atoms with van der Waals surface area (Å²) in [7, 11) is -1.70. The minimum Gasteiger partial charge on any atom is -0.379 e. The molecule has 122 valence electrons. The summed E-state index contributed by atoms with van der Waals surface area (Å²) in [5.41, 5.74) is 0.760. The fourth-order valence-electron chi connectivity index (χ4n) is 3.36. The van der Waals surface area contributed by atoms with Crippen LogP contribution < -0.4 is 0 Å². The smallest absolute Gasteiger partial charge is 0.243 e. The molecule has 6 heteroatoms. The highest BCUT2D eigenvalue weighted by molar-refractivity contribution is 7.89. The van der Waals surface area contributed by atoms with Crippen molar-refractivity contribution in [3.63, 3.8) is 0 Å². The van der Waals surface area contributed by atoms with Gasteiger partial charge in [0.1, 0.15) is 0 Å². The van der Waals surface area contributed by atoms with E-state index < -0.39 is 10.0 Å². The van der Waals surface area contributed by atoms with Crippen molar-refractivity contribution in [2.75, 3.05) is 26.8 Å². The molecule has 0 amide bonds. The van der Waals surface area contributed by atoms with Crippen molar-refractivity contribution >= 4 is 10.0 Å². The second kappa shape index (κ2) is 5.92. The lowest BCUT2D eigenvalue weighted by atomic mass is 9.89. The summed E-state index contributed by atoms with van der Waals surface area (Å²) in [6, 6.07) is 7.09. The van der Waals surface area contributed by atoms with Crippen LogP contribution in [0.1, 0.15) is 24.8 Å². The average molecular weight is 325 g/mol. The third-order valence-electron chi connectivity index (χ3n) is 4.77. The van der Waals surface area contributed by atoms with Crippen molar-refractivity contribution in [2.24, 2.45) is 0 Å². The maximum atomic E-state index is 12.7. The highest BCUT2D eigenvalue weighted by atomic mass is 32.2. The summed E-state index contributed by atoms with van der Waals surface area (Å²) >= 11 is 0. The van der Waals surface area contributed by atoms with Gasteiger partial charge in [0.05, 0.1) is 23.2 Å². The van der Waals surface area contributed by atoms with Crippen molar-refractivity contribution in [3.8, 4) is 0 Å². The van der Waals surface area contributed by atoms with E-state index >= 15 is 0 Å². The van der Waals surface area contributed by atoms with Gasteiger partial charge in [-0.05, 0) is 37.5 Å². The van der Waals surface area contributed by atoms with Crippen LogP contribution in [0.25, 0.3) is 0 Å². The highest BCUT2D eigenvalue weighted by Crippen LogP contribution is 2.38. The Morgan fingerprint density at radius 1 is 1.32 bits per heavy atom. The fourth-order valence-corrected chi connectivity index (χ4v) is 4.91. The van der Waals surface area contributed by atoms with Crippen LogP contribution >= 0.6 is 0 Å². The van der Waals surface area contributed by atoms with Gasteiger partial charge in [-0.15, -0.1) is 0 Å². The van der Waals surface area contributed by atoms with E-state index in [1.807, 2.05) is 13.0 Å². The van der Waals surface area contributed by atoms with Gasteiger partial charge in [-0.1, -0.05) is 12.1 Å². The lowest BCUT2D eigenvalue weighted by Gasteiger charge is -2.37. The van der Waals surface area contributed by atoms with Gasteiger partial charge in [0.25, 0.3) is 0 Å². The van der Waals surface area contributed by atoms with Gasteiger partial charge in [0.2, 0.25) is 10.0 Å². The molecule has 1 aromatic carbocycles. The van der Waals surface area contributed by atoms with Crippen molar-refractivity contribution < 1.29 is 17.9 Å². The van der Waals surface area contributed by atoms with Gasteiger partial charge < -0.3 is 9.47 Å². The Bertz CT molecular complexity index is 635. The van der Waals surface area contributed by atoms with Gasteiger partial charge in [-0.3, -0.25) is 0 Å². The first kappa shape index (κ1) is 15.9. The molecule has 0 N–H and O–H groups in total. The molecular weight excluding hydrogens is 302 g/mol. The summed E-state index contributed by atoms with van der Waals surface area (Å²) in [6.45, 7) is 3.53. The lowest BCUT2D eigenvalue weighted by molar-refractivity contribution is -0.0328. The minimum atomic E-state index is -3.40. The van der Waals surface area contributed by atoms with Crippen LogP contribution in [0, 0.1) is 6.92 Å². The largest absolute Gasteiger partial charge is 0.379 e. The van der Waals surface area contributed by atoms with E-state index in [1.165, 1.54) is 0 Å². The quantitative estimate of drug-likeness (QED) is 0.852. The molecule has 1 aromatic rings. The number of piperidine rings is 1. The van der Waals surface area contributed by atoms with Gasteiger partial charge >= 0.3 is 0 Å². The molecule has 1 atom stereocenters. The third kappa shape index (κ3) is 2.93. The number of hydrogen-bond acceptors (Lipinski definition) is 4. The number of sulfonamides is 1. The summed E-state index contributed by atoms with van der Waals surface area (Å²) < 4.78 is 38.3. The van der Waals surface area contributed by atoms with E-state index in [9.17, 15) is 8.42 Å². The highest BCUT2D eigenvalue weighted by Gasteiger charge is 2.44. The van der Waals surface area contributed by atoms with Crippen molar-refractivity contribution in [3.05, 3.63) is 29.8 Å². The van der Waals surface area contributed by atoms with Crippen LogP contribution in [0.4, 0.5) is 0 Å². The zero-order valence-corrected chi connectivity index (χ0v) is 13.9. The number of nitrogens with zero attached hydrogens (tertiary/aromatic N) is 1. The predicted octanol–water partition coefficient (Wildman–Crippen LogP) is 1.95. The Labute approximate surface area is 132 Å². The molecule has 5 nitrogen and oxygen atoms in total. The zero-order chi connectivity index (χ0) is 15.8. The molecular formula is C16H23NO4S. The van der Waals surface area contributed by atoms with Crippen LogP contribution in [-0.4, -0.2) is 51.2 Å². The summed E-state index contributed by atoms with van der Waals surface area (Å²) in [5.74, 6) is 0. The van der Waals surface area contributed by atoms with Crippen molar-refractivity contribution in [1.29, 1.82) is 0 Å². The van der Waals surface area contributed by atoms with E-state index in [0.29, 0.717) is 24.6 Å². The SMILES string of the molecule is COC1COC2(CCN(S(=O)(=O)c3cccc(C)c3)CC2)C1. The maximum Gasteiger partial charge on any atom is 0.243 e. The Kier molecular flexibility index (Phi) is 4.29. The second-order valence-corrected chi connectivity index (χ2v) is 8.21. The topological polar surface area (TPSA) is 55.8 Å². The van der Waals surface area contributed by atoms with Gasteiger partial charge in [0, 0.05) is 26.6 Å². The van der Waals surface area contributed by atoms with Crippen molar-refractivity contribution in [1.82, 2.24) is 4.31 Å². The Hall–Kier alpha value is -0.950. The van der Waals surface area contributed by atoms with E-state index in [2.05, 4.69) is 0 Å². The molecule has 2 saturated heterocycles. The summed E-state index contributed by atoms with van der Waals surface area (Å²) in [6.07, 6.45) is 2.47. The summed E-state index contributed by atoms with van der Waals surface area (Å²) in [4.78, 5) is 0.380. The number of aryl methyl sites for hydroxylation is 1. The molecule has 1 spiro atoms. The number of ether oxygens (including phenoxy) is 2. The minimum absolute atomic E-state index is 0.139. The van der Waals surface area contributed by atoms with Crippen LogP contribution in [0.5, 0.6) is 0 Å². The van der Waals surface area contributed by atoms with Gasteiger partial charge in [-0.25, -0.2) is 8.42 Å². The number of rotatable bonds is 3. The third-order valence-corrected chi connectivity index (χ3v) is 6.66. The molecule has 2 fully saturated rings. The van der Waals surface area contributed by atoms with E-state index in [0.717, 1.165) is 24.8 Å². The first-order valence-electron chi connectivity index (χ1n) is 7.69. The normalized spacial score (nSPS) is 25.6. The lowest BCUT2D eigenvalue weighted by Crippen LogP contribution is -2.46. The van der Waals surface area contributed by atoms with E-state index in [-0.39, 0.29) is 11.7 Å². The maximum absolute atomic E-state index is 12.7. The number of hydrogen-bond donors (Lipinski definition) is 0. The molecule has 0 bridgehead atoms. The number of methoxy groups -OCH3 is 1. The van der Waals surface area contributed by atoms with Gasteiger partial charge in [-0.2, -0.15) is 4.31 Å². The predicted molar refractivity (Wildman–Crippen MR) is 83.3 cm³/mol. The second-order valence-electron chi connectivity index (χ2n) is 6.28. The summed E-state index contributed by atoms with van der Waals surface area (Å²) in [5, 5.41) is 0. The van der Waals surface area contributed by atoms with Crippen molar-refractivity contribution in [2.45, 2.75) is 42.8 Å². The molecule has 3 rings (SSSR count). The van der Waals surface area contributed by atoms with Crippen LogP contribution in [0.3, 0.4) is 0 Å². The Balaban J connectivity index is 1.71. The molecule has 0 aromatic heterocycles. The molecule has 0 saturated carbocycles. The van der Waals surface area contributed by atoms with Crippen LogP contribution in [0.15, 0.2) is 29.2 Å². The molecule has 0 aliphatic carbocycles. The number of benzene rings is 1. The molecule has 22 heavy (non-hydrogen) atoms. The molecule has 1 unspecified atom stereocenters. The standard InChI is InChI=1S/C16H23NO4S/c1-13-4-3-5-15(10-13)22(18,19)17-8-6-16(7-9-17)11-14(20-2)12-21-16/h3-5,10,14H,6-9,11-12H2,1-2H3. The molecule has 2 aliphatic heterocycles. The van der Waals surface area contributed by atoms with Crippen LogP contribution in [0.2, 0.25) is 0 Å². The molecule has 2 heterocycles. The van der Waals surface area contributed by atoms with E-state index in [1.54, 1.807) is 29.6 Å².